The zero-order chi connectivity index (χ0) is 11.0. The summed E-state index contributed by atoms with van der Waals surface area (Å²) in [7, 11) is 0. The molecule has 0 amide bonds. The summed E-state index contributed by atoms with van der Waals surface area (Å²) < 4.78 is 39.0. The molecule has 0 heterocycles. The number of rotatable bonds is 6. The summed E-state index contributed by atoms with van der Waals surface area (Å²) in [6, 6.07) is 0. The van der Waals surface area contributed by atoms with Crippen molar-refractivity contribution in [2.45, 2.75) is 25.4 Å². The fraction of sp³-hybridized carbons (Fsp3) is 0.857. The minimum absolute atomic E-state index is 0.0260. The highest BCUT2D eigenvalue weighted by molar-refractivity contribution is 5.79. The van der Waals surface area contributed by atoms with E-state index in [4.69, 9.17) is 10.9 Å². The monoisotopic (exact) mass is 214 g/mol. The molecule has 0 aliphatic carbocycles. The Hall–Kier alpha value is -0.980. The topological polar surface area (TPSA) is 67.8 Å². The maximum Gasteiger partial charge on any atom is 0.411 e. The first-order chi connectivity index (χ1) is 6.45. The van der Waals surface area contributed by atoms with Gasteiger partial charge >= 0.3 is 6.18 Å². The fourth-order valence-electron chi connectivity index (χ4n) is 0.748. The van der Waals surface area contributed by atoms with Crippen LogP contribution in [0.25, 0.3) is 0 Å². The van der Waals surface area contributed by atoms with Gasteiger partial charge in [-0.1, -0.05) is 5.16 Å². The summed E-state index contributed by atoms with van der Waals surface area (Å²) in [5.41, 5.74) is 5.14. The van der Waals surface area contributed by atoms with Crippen LogP contribution in [0, 0.1) is 0 Å². The molecule has 0 spiro atoms. The third-order valence-corrected chi connectivity index (χ3v) is 1.37. The van der Waals surface area contributed by atoms with Crippen molar-refractivity contribution in [3.63, 3.8) is 0 Å². The molecule has 3 N–H and O–H groups in total. The highest BCUT2D eigenvalue weighted by Crippen LogP contribution is 2.14. The Balaban J connectivity index is 3.23. The largest absolute Gasteiger partial charge is 0.411 e. The Kier molecular flexibility index (Phi) is 6.02. The Morgan fingerprint density at radius 3 is 2.50 bits per heavy atom. The van der Waals surface area contributed by atoms with Crippen LogP contribution in [0.3, 0.4) is 0 Å². The predicted octanol–water partition coefficient (Wildman–Crippen LogP) is 1.48. The summed E-state index contributed by atoms with van der Waals surface area (Å²) in [5.74, 6) is 0.0702. The van der Waals surface area contributed by atoms with Crippen molar-refractivity contribution in [1.29, 1.82) is 0 Å². The van der Waals surface area contributed by atoms with Crippen LogP contribution in [0.15, 0.2) is 5.16 Å². The summed E-state index contributed by atoms with van der Waals surface area (Å²) in [6.07, 6.45) is -2.93. The van der Waals surface area contributed by atoms with Gasteiger partial charge in [-0.3, -0.25) is 0 Å². The van der Waals surface area contributed by atoms with Gasteiger partial charge in [-0.15, -0.1) is 0 Å². The molecule has 4 nitrogen and oxygen atoms in total. The zero-order valence-electron chi connectivity index (χ0n) is 7.55. The molecule has 0 atom stereocenters. The van der Waals surface area contributed by atoms with Crippen LogP contribution in [0.4, 0.5) is 13.2 Å². The van der Waals surface area contributed by atoms with Crippen LogP contribution in [0.5, 0.6) is 0 Å². The molecule has 0 aromatic rings. The summed E-state index contributed by atoms with van der Waals surface area (Å²) in [5, 5.41) is 10.8. The number of ether oxygens (including phenoxy) is 1. The number of hydrogen-bond acceptors (Lipinski definition) is 3. The summed E-state index contributed by atoms with van der Waals surface area (Å²) in [6.45, 7) is -1.20. The molecule has 0 rings (SSSR count). The van der Waals surface area contributed by atoms with Gasteiger partial charge in [0, 0.05) is 13.0 Å². The highest BCUT2D eigenvalue weighted by Gasteiger charge is 2.27. The van der Waals surface area contributed by atoms with E-state index < -0.39 is 12.8 Å². The van der Waals surface area contributed by atoms with E-state index in [1.165, 1.54) is 0 Å². The van der Waals surface area contributed by atoms with Gasteiger partial charge < -0.3 is 15.7 Å². The minimum Gasteiger partial charge on any atom is -0.409 e. The number of amidine groups is 1. The Labute approximate surface area is 79.5 Å². The number of alkyl halides is 3. The normalized spacial score (nSPS) is 13.2. The average molecular weight is 214 g/mol. The first-order valence-electron chi connectivity index (χ1n) is 4.06. The van der Waals surface area contributed by atoms with Gasteiger partial charge in [-0.05, 0) is 12.8 Å². The molecular formula is C7H13F3N2O2. The second-order valence-corrected chi connectivity index (χ2v) is 2.72. The molecule has 0 unspecified atom stereocenters. The van der Waals surface area contributed by atoms with Gasteiger partial charge in [0.25, 0.3) is 0 Å². The quantitative estimate of drug-likeness (QED) is 0.231. The summed E-state index contributed by atoms with van der Waals surface area (Å²) in [4.78, 5) is 0. The molecule has 14 heavy (non-hydrogen) atoms. The molecule has 0 fully saturated rings. The SMILES string of the molecule is NC(CCCCOCC(F)(F)F)=NO. The molecule has 0 aliphatic heterocycles. The predicted molar refractivity (Wildman–Crippen MR) is 44.1 cm³/mol. The lowest BCUT2D eigenvalue weighted by molar-refractivity contribution is -0.174. The van der Waals surface area contributed by atoms with E-state index in [0.29, 0.717) is 19.3 Å². The fourth-order valence-corrected chi connectivity index (χ4v) is 0.748. The van der Waals surface area contributed by atoms with Crippen LogP contribution in [-0.2, 0) is 4.74 Å². The molecule has 0 radical (unpaired) electrons. The molecule has 84 valence electrons. The van der Waals surface area contributed by atoms with E-state index in [1.807, 2.05) is 0 Å². The Morgan fingerprint density at radius 2 is 2.00 bits per heavy atom. The smallest absolute Gasteiger partial charge is 0.409 e. The number of unbranched alkanes of at least 4 members (excludes halogenated alkanes) is 1. The average Bonchev–Trinajstić information content (AvgIpc) is 2.08. The molecule has 0 saturated carbocycles. The van der Waals surface area contributed by atoms with Crippen LogP contribution >= 0.6 is 0 Å². The highest BCUT2D eigenvalue weighted by atomic mass is 19.4. The van der Waals surface area contributed by atoms with Gasteiger partial charge in [0.15, 0.2) is 0 Å². The lowest BCUT2D eigenvalue weighted by atomic mass is 10.2. The van der Waals surface area contributed by atoms with Crippen LogP contribution in [0.2, 0.25) is 0 Å². The van der Waals surface area contributed by atoms with Gasteiger partial charge in [-0.25, -0.2) is 0 Å². The minimum atomic E-state index is -4.27. The number of nitrogens with two attached hydrogens (primary N) is 1. The van der Waals surface area contributed by atoms with Gasteiger partial charge in [-0.2, -0.15) is 13.2 Å². The third-order valence-electron chi connectivity index (χ3n) is 1.37. The molecule has 0 aromatic heterocycles. The van der Waals surface area contributed by atoms with Crippen LogP contribution in [0.1, 0.15) is 19.3 Å². The molecule has 7 heteroatoms. The molecule has 0 aromatic carbocycles. The van der Waals surface area contributed by atoms with Crippen molar-refractivity contribution < 1.29 is 23.1 Å². The maximum atomic E-state index is 11.6. The second kappa shape index (κ2) is 6.47. The molecule has 0 aliphatic rings. The van der Waals surface area contributed by atoms with Gasteiger partial charge in [0.05, 0.1) is 0 Å². The second-order valence-electron chi connectivity index (χ2n) is 2.72. The van der Waals surface area contributed by atoms with E-state index in [1.54, 1.807) is 0 Å². The lowest BCUT2D eigenvalue weighted by Crippen LogP contribution is -2.17. The number of nitrogens with zero attached hydrogens (tertiary/aromatic N) is 1. The van der Waals surface area contributed by atoms with Crippen molar-refractivity contribution in [2.24, 2.45) is 10.9 Å². The number of hydrogen-bond donors (Lipinski definition) is 2. The standard InChI is InChI=1S/C7H13F3N2O2/c8-7(9,10)5-14-4-2-1-3-6(11)12-13/h13H,1-5H2,(H2,11,12). The number of oxime groups is 1. The van der Waals surface area contributed by atoms with Crippen molar-refractivity contribution in [3.8, 4) is 0 Å². The van der Waals surface area contributed by atoms with Crippen LogP contribution < -0.4 is 5.73 Å². The third kappa shape index (κ3) is 9.11. The lowest BCUT2D eigenvalue weighted by Gasteiger charge is -2.06. The van der Waals surface area contributed by atoms with Gasteiger partial charge in [0.1, 0.15) is 12.4 Å². The van der Waals surface area contributed by atoms with E-state index >= 15 is 0 Å². The van der Waals surface area contributed by atoms with Crippen molar-refractivity contribution in [1.82, 2.24) is 0 Å². The van der Waals surface area contributed by atoms with E-state index in [0.717, 1.165) is 0 Å². The van der Waals surface area contributed by atoms with Crippen molar-refractivity contribution in [2.75, 3.05) is 13.2 Å². The van der Waals surface area contributed by atoms with E-state index in [9.17, 15) is 13.2 Å². The Morgan fingerprint density at radius 1 is 1.36 bits per heavy atom. The maximum absolute atomic E-state index is 11.6. The van der Waals surface area contributed by atoms with Gasteiger partial charge in [0.2, 0.25) is 0 Å². The number of halogens is 3. The van der Waals surface area contributed by atoms with E-state index in [-0.39, 0.29) is 12.4 Å². The van der Waals surface area contributed by atoms with Crippen molar-refractivity contribution >= 4 is 5.84 Å². The summed E-state index contributed by atoms with van der Waals surface area (Å²) >= 11 is 0. The Bertz CT molecular complexity index is 182. The molecule has 0 bridgehead atoms. The van der Waals surface area contributed by atoms with Crippen molar-refractivity contribution in [3.05, 3.63) is 0 Å². The molecular weight excluding hydrogens is 201 g/mol. The zero-order valence-corrected chi connectivity index (χ0v) is 7.55. The first kappa shape index (κ1) is 13.0. The first-order valence-corrected chi connectivity index (χ1v) is 4.06. The van der Waals surface area contributed by atoms with E-state index in [2.05, 4.69) is 9.89 Å². The van der Waals surface area contributed by atoms with Crippen LogP contribution in [-0.4, -0.2) is 30.4 Å². The molecule has 0 saturated heterocycles.